The number of halogens is 1. The first kappa shape index (κ1) is 32.5. The highest BCUT2D eigenvalue weighted by Crippen LogP contribution is 2.28. The number of hydrogen-bond acceptors (Lipinski definition) is 5. The molecule has 1 N–H and O–H groups in total. The summed E-state index contributed by atoms with van der Waals surface area (Å²) in [6.45, 7) is 5.68. The molecule has 1 aliphatic carbocycles. The molecule has 10 heteroatoms. The first-order valence-corrected chi connectivity index (χ1v) is 17.0. The summed E-state index contributed by atoms with van der Waals surface area (Å²) >= 11 is 3.36. The van der Waals surface area contributed by atoms with Gasteiger partial charge in [-0.25, -0.2) is 8.42 Å². The first-order valence-electron chi connectivity index (χ1n) is 14.7. The Kier molecular flexibility index (Phi) is 11.3. The van der Waals surface area contributed by atoms with Crippen molar-refractivity contribution in [3.63, 3.8) is 0 Å². The quantitative estimate of drug-likeness (QED) is 0.247. The Morgan fingerprint density at radius 3 is 2.30 bits per heavy atom. The standard InChI is InChI=1S/C33H40BrN3O5S/c1-4-42-30-17-15-29(16-18-30)37(43(40,41)31-19-13-27(34)14-20-31)23-32(38)36(22-26-10-8-9-24(2)21-26)25(3)33(39)35-28-11-6-5-7-12-28/h8-10,13-21,25,28H,4-7,11-12,22-23H2,1-3H3,(H,35,39)/t25-/m1/s1. The third-order valence-electron chi connectivity index (χ3n) is 7.67. The van der Waals surface area contributed by atoms with Crippen LogP contribution in [-0.4, -0.2) is 50.4 Å². The minimum Gasteiger partial charge on any atom is -0.494 e. The van der Waals surface area contributed by atoms with Crippen LogP contribution in [0.5, 0.6) is 5.75 Å². The zero-order valence-electron chi connectivity index (χ0n) is 25.0. The maximum Gasteiger partial charge on any atom is 0.264 e. The summed E-state index contributed by atoms with van der Waals surface area (Å²) < 4.78 is 35.4. The lowest BCUT2D eigenvalue weighted by molar-refractivity contribution is -0.139. The van der Waals surface area contributed by atoms with Gasteiger partial charge >= 0.3 is 0 Å². The second kappa shape index (κ2) is 14.9. The lowest BCUT2D eigenvalue weighted by atomic mass is 9.95. The molecule has 0 bridgehead atoms. The van der Waals surface area contributed by atoms with Crippen molar-refractivity contribution in [1.29, 1.82) is 0 Å². The van der Waals surface area contributed by atoms with Crippen LogP contribution in [0.25, 0.3) is 0 Å². The Bertz CT molecular complexity index is 1490. The van der Waals surface area contributed by atoms with Crippen LogP contribution in [0.15, 0.2) is 82.2 Å². The van der Waals surface area contributed by atoms with E-state index in [1.165, 1.54) is 17.0 Å². The number of ether oxygens (including phenoxy) is 1. The number of benzene rings is 3. The largest absolute Gasteiger partial charge is 0.494 e. The Morgan fingerprint density at radius 2 is 1.67 bits per heavy atom. The van der Waals surface area contributed by atoms with Gasteiger partial charge in [-0.2, -0.15) is 0 Å². The summed E-state index contributed by atoms with van der Waals surface area (Å²) in [6.07, 6.45) is 5.13. The van der Waals surface area contributed by atoms with Gasteiger partial charge in [-0.05, 0) is 87.7 Å². The SMILES string of the molecule is CCOc1ccc(N(CC(=O)N(Cc2cccc(C)c2)[C@H](C)C(=O)NC2CCCCC2)S(=O)(=O)c2ccc(Br)cc2)cc1. The molecule has 2 amide bonds. The van der Waals surface area contributed by atoms with Gasteiger partial charge in [0.25, 0.3) is 10.0 Å². The Labute approximate surface area is 263 Å². The fraction of sp³-hybridized carbons (Fsp3) is 0.394. The molecule has 0 saturated heterocycles. The van der Waals surface area contributed by atoms with E-state index in [0.717, 1.165) is 52.0 Å². The van der Waals surface area contributed by atoms with Crippen LogP contribution < -0.4 is 14.4 Å². The molecule has 8 nitrogen and oxygen atoms in total. The second-order valence-electron chi connectivity index (χ2n) is 10.9. The molecule has 4 rings (SSSR count). The Morgan fingerprint density at radius 1 is 1.00 bits per heavy atom. The predicted molar refractivity (Wildman–Crippen MR) is 172 cm³/mol. The molecule has 0 unspecified atom stereocenters. The van der Waals surface area contributed by atoms with Crippen LogP contribution in [0.2, 0.25) is 0 Å². The summed E-state index contributed by atoms with van der Waals surface area (Å²) in [5.41, 5.74) is 2.20. The monoisotopic (exact) mass is 669 g/mol. The molecular weight excluding hydrogens is 630 g/mol. The number of sulfonamides is 1. The predicted octanol–water partition coefficient (Wildman–Crippen LogP) is 6.22. The smallest absolute Gasteiger partial charge is 0.264 e. The van der Waals surface area contributed by atoms with Gasteiger partial charge in [-0.3, -0.25) is 13.9 Å². The highest BCUT2D eigenvalue weighted by atomic mass is 79.9. The number of nitrogens with one attached hydrogen (secondary N) is 1. The molecule has 43 heavy (non-hydrogen) atoms. The molecule has 0 aliphatic heterocycles. The third-order valence-corrected chi connectivity index (χ3v) is 9.99. The van der Waals surface area contributed by atoms with Gasteiger partial charge in [0.1, 0.15) is 18.3 Å². The average Bonchev–Trinajstić information content (AvgIpc) is 2.99. The van der Waals surface area contributed by atoms with E-state index in [9.17, 15) is 18.0 Å². The van der Waals surface area contributed by atoms with Gasteiger partial charge in [0.05, 0.1) is 17.2 Å². The highest BCUT2D eigenvalue weighted by molar-refractivity contribution is 9.10. The van der Waals surface area contributed by atoms with Crippen LogP contribution in [-0.2, 0) is 26.2 Å². The summed E-state index contributed by atoms with van der Waals surface area (Å²) in [5, 5.41) is 3.13. The summed E-state index contributed by atoms with van der Waals surface area (Å²) in [6, 6.07) is 19.9. The molecule has 1 aliphatic rings. The number of carbonyl (C=O) groups excluding carboxylic acids is 2. The average molecular weight is 671 g/mol. The van der Waals surface area contributed by atoms with Crippen molar-refractivity contribution in [2.24, 2.45) is 0 Å². The highest BCUT2D eigenvalue weighted by Gasteiger charge is 2.33. The van der Waals surface area contributed by atoms with Gasteiger partial charge in [-0.15, -0.1) is 0 Å². The lowest BCUT2D eigenvalue weighted by Gasteiger charge is -2.33. The van der Waals surface area contributed by atoms with Crippen molar-refractivity contribution in [2.45, 2.75) is 76.4 Å². The van der Waals surface area contributed by atoms with Gasteiger partial charge in [0, 0.05) is 17.1 Å². The van der Waals surface area contributed by atoms with E-state index in [4.69, 9.17) is 4.74 Å². The van der Waals surface area contributed by atoms with Crippen molar-refractivity contribution in [2.75, 3.05) is 17.5 Å². The summed E-state index contributed by atoms with van der Waals surface area (Å²) in [7, 11) is -4.15. The number of carbonyl (C=O) groups is 2. The number of amides is 2. The minimum atomic E-state index is -4.15. The fourth-order valence-corrected chi connectivity index (χ4v) is 6.97. The molecule has 1 atom stereocenters. The van der Waals surface area contributed by atoms with Crippen molar-refractivity contribution in [3.8, 4) is 5.75 Å². The molecule has 0 heterocycles. The van der Waals surface area contributed by atoms with E-state index in [1.807, 2.05) is 38.1 Å². The lowest BCUT2D eigenvalue weighted by Crippen LogP contribution is -2.53. The fourth-order valence-electron chi connectivity index (χ4n) is 5.30. The maximum atomic E-state index is 14.2. The molecule has 0 radical (unpaired) electrons. The molecule has 0 aromatic heterocycles. The zero-order valence-corrected chi connectivity index (χ0v) is 27.4. The van der Waals surface area contributed by atoms with E-state index in [0.29, 0.717) is 18.0 Å². The van der Waals surface area contributed by atoms with Crippen LogP contribution in [0.1, 0.15) is 57.1 Å². The molecule has 3 aromatic carbocycles. The normalized spacial score (nSPS) is 14.5. The Balaban J connectivity index is 1.68. The number of nitrogens with zero attached hydrogens (tertiary/aromatic N) is 2. The third kappa shape index (κ3) is 8.60. The van der Waals surface area contributed by atoms with E-state index in [1.54, 1.807) is 43.3 Å². The van der Waals surface area contributed by atoms with Crippen LogP contribution in [0, 0.1) is 6.92 Å². The van der Waals surface area contributed by atoms with Crippen LogP contribution in [0.3, 0.4) is 0 Å². The summed E-state index contributed by atoms with van der Waals surface area (Å²) in [5.74, 6) is -0.133. The van der Waals surface area contributed by atoms with E-state index < -0.39 is 28.5 Å². The first-order chi connectivity index (χ1) is 20.6. The molecule has 1 fully saturated rings. The minimum absolute atomic E-state index is 0.0470. The van der Waals surface area contributed by atoms with E-state index >= 15 is 0 Å². The molecule has 0 spiro atoms. The number of rotatable bonds is 12. The van der Waals surface area contributed by atoms with E-state index in [-0.39, 0.29) is 23.4 Å². The summed E-state index contributed by atoms with van der Waals surface area (Å²) in [4.78, 5) is 29.2. The number of hydrogen-bond donors (Lipinski definition) is 1. The maximum absolute atomic E-state index is 14.2. The number of aryl methyl sites for hydroxylation is 1. The Hall–Kier alpha value is -3.37. The zero-order chi connectivity index (χ0) is 31.0. The topological polar surface area (TPSA) is 96.0 Å². The van der Waals surface area contributed by atoms with Gasteiger partial charge < -0.3 is 15.0 Å². The molecule has 3 aromatic rings. The van der Waals surface area contributed by atoms with Crippen LogP contribution in [0.4, 0.5) is 5.69 Å². The van der Waals surface area contributed by atoms with E-state index in [2.05, 4.69) is 21.2 Å². The van der Waals surface area contributed by atoms with Gasteiger partial charge in [-0.1, -0.05) is 65.0 Å². The molecular formula is C33H40BrN3O5S. The van der Waals surface area contributed by atoms with Crippen molar-refractivity contribution in [1.82, 2.24) is 10.2 Å². The van der Waals surface area contributed by atoms with Crippen molar-refractivity contribution in [3.05, 3.63) is 88.4 Å². The second-order valence-corrected chi connectivity index (χ2v) is 13.7. The van der Waals surface area contributed by atoms with Gasteiger partial charge in [0.15, 0.2) is 0 Å². The molecule has 1 saturated carbocycles. The van der Waals surface area contributed by atoms with Crippen molar-refractivity contribution >= 4 is 43.5 Å². The molecule has 230 valence electrons. The van der Waals surface area contributed by atoms with Crippen molar-refractivity contribution < 1.29 is 22.7 Å². The van der Waals surface area contributed by atoms with Gasteiger partial charge in [0.2, 0.25) is 11.8 Å². The number of anilines is 1. The van der Waals surface area contributed by atoms with Crippen LogP contribution >= 0.6 is 15.9 Å².